The second kappa shape index (κ2) is 9.52. The highest BCUT2D eigenvalue weighted by Crippen LogP contribution is 2.21. The molecule has 0 fully saturated rings. The fraction of sp³-hybridized carbons (Fsp3) is 0.0435. The zero-order chi connectivity index (χ0) is 22.3. The summed E-state index contributed by atoms with van der Waals surface area (Å²) >= 11 is 0. The van der Waals surface area contributed by atoms with Crippen LogP contribution in [0.2, 0.25) is 0 Å². The van der Waals surface area contributed by atoms with E-state index in [9.17, 15) is 9.18 Å². The van der Waals surface area contributed by atoms with Gasteiger partial charge in [-0.15, -0.1) is 0 Å². The third-order valence-corrected chi connectivity index (χ3v) is 4.38. The van der Waals surface area contributed by atoms with Gasteiger partial charge in [0.2, 0.25) is 0 Å². The summed E-state index contributed by atoms with van der Waals surface area (Å²) in [6.45, 7) is 1.99. The Hall–Kier alpha value is -4.53. The van der Waals surface area contributed by atoms with Crippen LogP contribution in [-0.2, 0) is 0 Å². The topological polar surface area (TPSA) is 104 Å². The number of para-hydroxylation sites is 1. The van der Waals surface area contributed by atoms with Crippen LogP contribution < -0.4 is 21.3 Å². The lowest BCUT2D eigenvalue weighted by atomic mass is 10.2. The van der Waals surface area contributed by atoms with Crippen LogP contribution in [0.25, 0.3) is 0 Å². The smallest absolute Gasteiger partial charge is 0.323 e. The van der Waals surface area contributed by atoms with Gasteiger partial charge in [0.25, 0.3) is 0 Å². The number of carbonyl (C=O) groups excluding carboxylic acids is 1. The highest BCUT2D eigenvalue weighted by atomic mass is 19.1. The van der Waals surface area contributed by atoms with Crippen molar-refractivity contribution in [1.29, 1.82) is 0 Å². The molecule has 0 radical (unpaired) electrons. The largest absolute Gasteiger partial charge is 0.340 e. The number of hydrogen-bond donors (Lipinski definition) is 4. The average Bonchev–Trinajstić information content (AvgIpc) is 2.77. The van der Waals surface area contributed by atoms with Crippen LogP contribution in [0.1, 0.15) is 5.56 Å². The van der Waals surface area contributed by atoms with Crippen LogP contribution in [0.4, 0.5) is 43.7 Å². The summed E-state index contributed by atoms with van der Waals surface area (Å²) in [5.74, 6) is 1.38. The number of amides is 2. The number of aromatic nitrogens is 3. The van der Waals surface area contributed by atoms with E-state index in [4.69, 9.17) is 0 Å². The summed E-state index contributed by atoms with van der Waals surface area (Å²) in [7, 11) is 0. The van der Waals surface area contributed by atoms with Gasteiger partial charge in [0.05, 0.1) is 5.69 Å². The number of nitrogens with zero attached hydrogens (tertiary/aromatic N) is 3. The van der Waals surface area contributed by atoms with Crippen LogP contribution in [0.3, 0.4) is 0 Å². The average molecular weight is 429 g/mol. The molecule has 0 saturated carbocycles. The number of benzene rings is 2. The van der Waals surface area contributed by atoms with E-state index in [1.807, 2.05) is 19.1 Å². The number of anilines is 6. The van der Waals surface area contributed by atoms with Gasteiger partial charge in [0.1, 0.15) is 29.6 Å². The lowest BCUT2D eigenvalue weighted by molar-refractivity contribution is 0.262. The fourth-order valence-corrected chi connectivity index (χ4v) is 2.86. The van der Waals surface area contributed by atoms with Crippen LogP contribution in [0, 0.1) is 12.7 Å². The van der Waals surface area contributed by atoms with Gasteiger partial charge in [0, 0.05) is 23.6 Å². The van der Waals surface area contributed by atoms with E-state index in [0.29, 0.717) is 23.1 Å². The van der Waals surface area contributed by atoms with Crippen LogP contribution in [0.5, 0.6) is 0 Å². The molecule has 0 aliphatic carbocycles. The van der Waals surface area contributed by atoms with Crippen molar-refractivity contribution in [1.82, 2.24) is 15.0 Å². The predicted molar refractivity (Wildman–Crippen MR) is 123 cm³/mol. The van der Waals surface area contributed by atoms with E-state index in [2.05, 4.69) is 36.2 Å². The van der Waals surface area contributed by atoms with Crippen LogP contribution in [0.15, 0.2) is 79.3 Å². The SMILES string of the molecule is Cc1ccnc(Nc2cc(Nc3ccc(NC(=O)Nc4ccccc4F)cc3)ncn2)c1. The Morgan fingerprint density at radius 3 is 2.22 bits per heavy atom. The molecule has 0 bridgehead atoms. The van der Waals surface area contributed by atoms with E-state index in [1.165, 1.54) is 18.5 Å². The van der Waals surface area contributed by atoms with Crippen molar-refractivity contribution < 1.29 is 9.18 Å². The second-order valence-electron chi connectivity index (χ2n) is 6.89. The van der Waals surface area contributed by atoms with Crippen molar-refractivity contribution >= 4 is 40.5 Å². The molecule has 4 N–H and O–H groups in total. The molecule has 0 atom stereocenters. The number of nitrogens with one attached hydrogen (secondary N) is 4. The number of aryl methyl sites for hydroxylation is 1. The Kier molecular flexibility index (Phi) is 6.17. The second-order valence-corrected chi connectivity index (χ2v) is 6.89. The molecule has 2 aromatic carbocycles. The minimum absolute atomic E-state index is 0.109. The van der Waals surface area contributed by atoms with Gasteiger partial charge >= 0.3 is 6.03 Å². The molecule has 4 aromatic rings. The summed E-state index contributed by atoms with van der Waals surface area (Å²) < 4.78 is 13.6. The maximum absolute atomic E-state index is 13.6. The maximum Gasteiger partial charge on any atom is 0.323 e. The summed E-state index contributed by atoms with van der Waals surface area (Å²) in [6, 6.07) is 18.1. The Balaban J connectivity index is 1.36. The minimum atomic E-state index is -0.535. The molecule has 0 saturated heterocycles. The number of halogens is 1. The molecular weight excluding hydrogens is 409 g/mol. The Morgan fingerprint density at radius 2 is 1.47 bits per heavy atom. The van der Waals surface area contributed by atoms with E-state index in [1.54, 1.807) is 48.7 Å². The zero-order valence-electron chi connectivity index (χ0n) is 17.1. The lowest BCUT2D eigenvalue weighted by Gasteiger charge is -2.10. The van der Waals surface area contributed by atoms with Crippen molar-refractivity contribution in [3.05, 3.63) is 90.6 Å². The fourth-order valence-electron chi connectivity index (χ4n) is 2.86. The molecule has 0 unspecified atom stereocenters. The van der Waals surface area contributed by atoms with Crippen molar-refractivity contribution in [2.75, 3.05) is 21.3 Å². The monoisotopic (exact) mass is 429 g/mol. The van der Waals surface area contributed by atoms with Crippen molar-refractivity contribution in [2.24, 2.45) is 0 Å². The molecule has 32 heavy (non-hydrogen) atoms. The van der Waals surface area contributed by atoms with Crippen LogP contribution >= 0.6 is 0 Å². The summed E-state index contributed by atoms with van der Waals surface area (Å²) in [5.41, 5.74) is 2.52. The quantitative estimate of drug-likeness (QED) is 0.325. The van der Waals surface area contributed by atoms with Gasteiger partial charge in [-0.2, -0.15) is 0 Å². The Morgan fingerprint density at radius 1 is 0.781 bits per heavy atom. The first-order chi connectivity index (χ1) is 15.5. The van der Waals surface area contributed by atoms with Crippen molar-refractivity contribution in [3.63, 3.8) is 0 Å². The summed E-state index contributed by atoms with van der Waals surface area (Å²) in [5, 5.41) is 11.5. The zero-order valence-corrected chi connectivity index (χ0v) is 17.1. The molecular formula is C23H20FN7O. The first kappa shape index (κ1) is 20.7. The number of urea groups is 1. The van der Waals surface area contributed by atoms with E-state index in [0.717, 1.165) is 11.3 Å². The molecule has 2 heterocycles. The molecule has 160 valence electrons. The van der Waals surface area contributed by atoms with Gasteiger partial charge in [-0.1, -0.05) is 12.1 Å². The number of rotatable bonds is 6. The van der Waals surface area contributed by atoms with Crippen LogP contribution in [-0.4, -0.2) is 21.0 Å². The third-order valence-electron chi connectivity index (χ3n) is 4.38. The summed E-state index contributed by atoms with van der Waals surface area (Å²) in [4.78, 5) is 24.8. The number of carbonyl (C=O) groups is 1. The predicted octanol–water partition coefficient (Wildman–Crippen LogP) is 5.45. The first-order valence-corrected chi connectivity index (χ1v) is 9.76. The number of hydrogen-bond acceptors (Lipinski definition) is 6. The molecule has 9 heteroatoms. The highest BCUT2D eigenvalue weighted by molar-refractivity contribution is 5.99. The third kappa shape index (κ3) is 5.54. The molecule has 0 spiro atoms. The molecule has 2 amide bonds. The normalized spacial score (nSPS) is 10.3. The molecule has 0 aliphatic rings. The Bertz CT molecular complexity index is 1230. The van der Waals surface area contributed by atoms with Gasteiger partial charge in [-0.25, -0.2) is 24.1 Å². The lowest BCUT2D eigenvalue weighted by Crippen LogP contribution is -2.20. The van der Waals surface area contributed by atoms with Gasteiger partial charge in [0.15, 0.2) is 0 Å². The van der Waals surface area contributed by atoms with Gasteiger partial charge in [-0.3, -0.25) is 0 Å². The number of pyridine rings is 1. The van der Waals surface area contributed by atoms with Crippen molar-refractivity contribution in [2.45, 2.75) is 6.92 Å². The molecule has 4 rings (SSSR count). The maximum atomic E-state index is 13.6. The van der Waals surface area contributed by atoms with E-state index in [-0.39, 0.29) is 5.69 Å². The van der Waals surface area contributed by atoms with E-state index < -0.39 is 11.8 Å². The highest BCUT2D eigenvalue weighted by Gasteiger charge is 2.07. The molecule has 2 aromatic heterocycles. The Labute approximate surface area is 184 Å². The van der Waals surface area contributed by atoms with E-state index >= 15 is 0 Å². The standard InChI is InChI=1S/C23H20FN7O/c1-15-10-11-25-20(12-15)31-22-13-21(26-14-27-22)28-16-6-8-17(9-7-16)29-23(32)30-19-5-3-2-4-18(19)24/h2-14H,1H3,(H2,29,30,32)(H2,25,26,27,28,31). The first-order valence-electron chi connectivity index (χ1n) is 9.76. The van der Waals surface area contributed by atoms with Crippen molar-refractivity contribution in [3.8, 4) is 0 Å². The molecule has 0 aliphatic heterocycles. The molecule has 8 nitrogen and oxygen atoms in total. The summed E-state index contributed by atoms with van der Waals surface area (Å²) in [6.07, 6.45) is 3.17. The van der Waals surface area contributed by atoms with Gasteiger partial charge < -0.3 is 21.3 Å². The van der Waals surface area contributed by atoms with Gasteiger partial charge in [-0.05, 0) is 61.0 Å². The minimum Gasteiger partial charge on any atom is -0.340 e.